The van der Waals surface area contributed by atoms with Gasteiger partial charge in [0.2, 0.25) is 15.9 Å². The minimum absolute atomic E-state index is 0.229. The van der Waals surface area contributed by atoms with E-state index in [1.54, 1.807) is 71.5 Å². The van der Waals surface area contributed by atoms with E-state index >= 15 is 0 Å². The highest BCUT2D eigenvalue weighted by atomic mass is 32.2. The van der Waals surface area contributed by atoms with E-state index in [1.807, 2.05) is 4.72 Å². The lowest BCUT2D eigenvalue weighted by atomic mass is 10.2. The molecule has 172 valence electrons. The molecule has 0 aliphatic rings. The Labute approximate surface area is 175 Å². The third-order valence-electron chi connectivity index (χ3n) is 3.47. The lowest BCUT2D eigenvalue weighted by Crippen LogP contribution is -2.32. The van der Waals surface area contributed by atoms with Gasteiger partial charge in [0.25, 0.3) is 0 Å². The van der Waals surface area contributed by atoms with Crippen molar-refractivity contribution in [2.75, 3.05) is 12.5 Å². The first-order chi connectivity index (χ1) is 12.7. The van der Waals surface area contributed by atoms with Crippen molar-refractivity contribution in [3.8, 4) is 0 Å². The summed E-state index contributed by atoms with van der Waals surface area (Å²) in [6.45, 7) is 9.94. The Kier molecular flexibility index (Phi) is 12.0. The fourth-order valence-electron chi connectivity index (χ4n) is 1.28. The Morgan fingerprint density at radius 2 is 1.31 bits per heavy atom. The molecule has 1 aromatic heterocycles. The summed E-state index contributed by atoms with van der Waals surface area (Å²) in [5.74, 6) is -0.766. The van der Waals surface area contributed by atoms with E-state index in [1.165, 1.54) is 6.26 Å². The van der Waals surface area contributed by atoms with Crippen LogP contribution in [-0.4, -0.2) is 58.7 Å². The summed E-state index contributed by atoms with van der Waals surface area (Å²) < 4.78 is 68.1. The highest BCUT2D eigenvalue weighted by molar-refractivity contribution is 7.92. The zero-order valence-electron chi connectivity index (χ0n) is 18.5. The molecule has 0 bridgehead atoms. The molecule has 0 spiro atoms. The first-order valence-electron chi connectivity index (χ1n) is 8.79. The molecule has 0 aliphatic heterocycles. The van der Waals surface area contributed by atoms with Crippen molar-refractivity contribution in [2.24, 2.45) is 13.0 Å². The molecule has 0 atom stereocenters. The average Bonchev–Trinajstić information content (AvgIpc) is 2.92. The molecule has 0 fully saturated rings. The standard InChI is InChI=1S/C8H13NO2S.C5H11NO3S.C4H10O2S/c1-7(2)12(10,11)8-5-4-6-9(8)3;1-4(2)5(7)6-10(3,8)9;1-4(2)7(3,5)6/h4-7H,1-3H3;4H,1-3H3,(H,6,7);4H,1-3H3. The summed E-state index contributed by atoms with van der Waals surface area (Å²) in [6, 6.07) is 3.35. The highest BCUT2D eigenvalue weighted by Crippen LogP contribution is 2.14. The molecule has 1 rings (SSSR count). The zero-order valence-corrected chi connectivity index (χ0v) is 20.9. The van der Waals surface area contributed by atoms with Crippen molar-refractivity contribution in [1.82, 2.24) is 9.29 Å². The third-order valence-corrected chi connectivity index (χ3v) is 8.01. The van der Waals surface area contributed by atoms with E-state index < -0.39 is 35.6 Å². The summed E-state index contributed by atoms with van der Waals surface area (Å²) in [7, 11) is -7.48. The van der Waals surface area contributed by atoms with Crippen molar-refractivity contribution in [3.63, 3.8) is 0 Å². The van der Waals surface area contributed by atoms with Gasteiger partial charge in [0.1, 0.15) is 14.9 Å². The summed E-state index contributed by atoms with van der Waals surface area (Å²) in [4.78, 5) is 10.7. The molecule has 12 heteroatoms. The number of amides is 1. The Morgan fingerprint density at radius 1 is 0.897 bits per heavy atom. The maximum Gasteiger partial charge on any atom is 0.235 e. The van der Waals surface area contributed by atoms with Gasteiger partial charge < -0.3 is 4.57 Å². The lowest BCUT2D eigenvalue weighted by molar-refractivity contribution is -0.122. The van der Waals surface area contributed by atoms with Gasteiger partial charge in [-0.15, -0.1) is 0 Å². The molecule has 0 saturated heterocycles. The lowest BCUT2D eigenvalue weighted by Gasteiger charge is -2.07. The van der Waals surface area contributed by atoms with Gasteiger partial charge in [-0.3, -0.25) is 9.52 Å². The van der Waals surface area contributed by atoms with Crippen LogP contribution >= 0.6 is 0 Å². The summed E-state index contributed by atoms with van der Waals surface area (Å²) in [5.41, 5.74) is 0. The Morgan fingerprint density at radius 3 is 1.48 bits per heavy atom. The summed E-state index contributed by atoms with van der Waals surface area (Å²) in [6.07, 6.45) is 3.92. The number of aromatic nitrogens is 1. The van der Waals surface area contributed by atoms with Gasteiger partial charge in [-0.2, -0.15) is 0 Å². The topological polar surface area (TPSA) is 136 Å². The first kappa shape index (κ1) is 29.8. The second-order valence-electron chi connectivity index (χ2n) is 7.32. The van der Waals surface area contributed by atoms with E-state index in [9.17, 15) is 30.0 Å². The van der Waals surface area contributed by atoms with Crippen LogP contribution in [0.4, 0.5) is 0 Å². The number of hydrogen-bond acceptors (Lipinski definition) is 7. The number of hydrogen-bond donors (Lipinski definition) is 1. The maximum absolute atomic E-state index is 11.6. The molecule has 0 saturated carbocycles. The van der Waals surface area contributed by atoms with Crippen molar-refractivity contribution >= 4 is 35.6 Å². The van der Waals surface area contributed by atoms with Crippen molar-refractivity contribution in [1.29, 1.82) is 0 Å². The van der Waals surface area contributed by atoms with Gasteiger partial charge in [0, 0.05) is 25.4 Å². The number of nitrogens with zero attached hydrogens (tertiary/aromatic N) is 1. The van der Waals surface area contributed by atoms with Gasteiger partial charge in [-0.25, -0.2) is 25.3 Å². The van der Waals surface area contributed by atoms with Crippen LogP contribution in [0.15, 0.2) is 23.4 Å². The zero-order chi connectivity index (χ0) is 23.8. The van der Waals surface area contributed by atoms with Gasteiger partial charge in [0.15, 0.2) is 9.84 Å². The largest absolute Gasteiger partial charge is 0.342 e. The summed E-state index contributed by atoms with van der Waals surface area (Å²) >= 11 is 0. The highest BCUT2D eigenvalue weighted by Gasteiger charge is 2.21. The molecular formula is C17H34N2O7S3. The van der Waals surface area contributed by atoms with Crippen LogP contribution in [0.5, 0.6) is 0 Å². The quantitative estimate of drug-likeness (QED) is 0.680. The molecule has 1 aromatic rings. The van der Waals surface area contributed by atoms with Crippen LogP contribution in [0, 0.1) is 5.92 Å². The Bertz CT molecular complexity index is 956. The van der Waals surface area contributed by atoms with E-state index in [4.69, 9.17) is 0 Å². The van der Waals surface area contributed by atoms with Crippen LogP contribution in [-0.2, 0) is 41.5 Å². The van der Waals surface area contributed by atoms with Crippen molar-refractivity contribution < 1.29 is 30.0 Å². The minimum Gasteiger partial charge on any atom is -0.342 e. The van der Waals surface area contributed by atoms with Gasteiger partial charge >= 0.3 is 0 Å². The van der Waals surface area contributed by atoms with E-state index in [-0.39, 0.29) is 16.4 Å². The number of carbonyl (C=O) groups excluding carboxylic acids is 1. The van der Waals surface area contributed by atoms with Crippen molar-refractivity contribution in [2.45, 2.75) is 57.1 Å². The summed E-state index contributed by atoms with van der Waals surface area (Å²) in [5, 5.41) is -0.198. The maximum atomic E-state index is 11.6. The Hall–Kier alpha value is -1.40. The molecule has 1 amide bonds. The van der Waals surface area contributed by atoms with Crippen LogP contribution in [0.25, 0.3) is 0 Å². The monoisotopic (exact) mass is 474 g/mol. The molecule has 1 N–H and O–H groups in total. The third kappa shape index (κ3) is 12.7. The number of aryl methyl sites for hydroxylation is 1. The van der Waals surface area contributed by atoms with Crippen LogP contribution < -0.4 is 4.72 Å². The average molecular weight is 475 g/mol. The van der Waals surface area contributed by atoms with Crippen molar-refractivity contribution in [3.05, 3.63) is 18.3 Å². The fraction of sp³-hybridized carbons (Fsp3) is 0.706. The molecule has 0 unspecified atom stereocenters. The van der Waals surface area contributed by atoms with Gasteiger partial charge in [-0.1, -0.05) is 13.8 Å². The number of rotatable bonds is 5. The van der Waals surface area contributed by atoms with Gasteiger partial charge in [0.05, 0.1) is 16.8 Å². The predicted octanol–water partition coefficient (Wildman–Crippen LogP) is 1.36. The molecule has 0 aromatic carbocycles. The molecule has 0 aliphatic carbocycles. The fourth-order valence-corrected chi connectivity index (χ4v) is 3.10. The molecule has 29 heavy (non-hydrogen) atoms. The molecule has 0 radical (unpaired) electrons. The minimum atomic E-state index is -3.37. The van der Waals surface area contributed by atoms with Crippen LogP contribution in [0.3, 0.4) is 0 Å². The SMILES string of the molecule is CC(C)C(=O)NS(C)(=O)=O.CC(C)S(=O)(=O)c1cccn1C.CC(C)S(C)(=O)=O. The number of nitrogens with one attached hydrogen (secondary N) is 1. The number of sulfonamides is 1. The van der Waals surface area contributed by atoms with Gasteiger partial charge in [-0.05, 0) is 39.8 Å². The van der Waals surface area contributed by atoms with Crippen LogP contribution in [0.1, 0.15) is 41.5 Å². The number of carbonyl (C=O) groups is 1. The first-order valence-corrected chi connectivity index (χ1v) is 14.2. The van der Waals surface area contributed by atoms with E-state index in [0.717, 1.165) is 6.26 Å². The van der Waals surface area contributed by atoms with E-state index in [2.05, 4.69) is 0 Å². The second-order valence-corrected chi connectivity index (χ2v) is 14.1. The molecule has 9 nitrogen and oxygen atoms in total. The molecule has 1 heterocycles. The number of sulfone groups is 2. The predicted molar refractivity (Wildman–Crippen MR) is 116 cm³/mol. The second kappa shape index (κ2) is 11.7. The Balaban J connectivity index is 0. The smallest absolute Gasteiger partial charge is 0.235 e. The normalized spacial score (nSPS) is 12.1. The van der Waals surface area contributed by atoms with E-state index in [0.29, 0.717) is 5.03 Å². The van der Waals surface area contributed by atoms with Crippen LogP contribution in [0.2, 0.25) is 0 Å². The molecular weight excluding hydrogens is 440 g/mol.